The Morgan fingerprint density at radius 1 is 1.30 bits per heavy atom. The van der Waals surface area contributed by atoms with E-state index in [0.717, 1.165) is 25.3 Å². The highest BCUT2D eigenvalue weighted by molar-refractivity contribution is 8.22. The van der Waals surface area contributed by atoms with Gasteiger partial charge in [0.25, 0.3) is 0 Å². The summed E-state index contributed by atoms with van der Waals surface area (Å²) in [5.74, 6) is -1.02. The Morgan fingerprint density at radius 2 is 2.07 bits per heavy atom. The first kappa shape index (κ1) is 21.7. The van der Waals surface area contributed by atoms with Gasteiger partial charge < -0.3 is 10.2 Å². The normalized spacial score (nSPS) is 27.7. The topological polar surface area (TPSA) is 81.1 Å². The van der Waals surface area contributed by atoms with E-state index in [2.05, 4.69) is 29.2 Å². The van der Waals surface area contributed by atoms with E-state index in [9.17, 15) is 19.8 Å². The van der Waals surface area contributed by atoms with Gasteiger partial charge in [0.2, 0.25) is 5.91 Å². The summed E-state index contributed by atoms with van der Waals surface area (Å²) in [5.41, 5.74) is 1.39. The number of fused-ring (bicyclic) bond motifs is 1. The molecule has 0 aliphatic carbocycles. The molecule has 3 heterocycles. The first-order valence-corrected chi connectivity index (χ1v) is 12.4. The number of aliphatic carboxylic acids is 1. The molecule has 2 saturated heterocycles. The molecule has 4 rings (SSSR count). The molecule has 162 valence electrons. The van der Waals surface area contributed by atoms with Crippen LogP contribution in [0.2, 0.25) is 0 Å². The minimum Gasteiger partial charge on any atom is -0.477 e. The number of aliphatic hydroxyl groups excluding tert-OH is 1. The SMILES string of the molecule is CC[C@H](O)[C@@H]1C(=O)N2C(C(=O)O)=C(SCC3CCCCN3Cc3ccccc3)S[C@H]12. The van der Waals surface area contributed by atoms with Crippen LogP contribution < -0.4 is 0 Å². The van der Waals surface area contributed by atoms with Crippen molar-refractivity contribution < 1.29 is 19.8 Å². The summed E-state index contributed by atoms with van der Waals surface area (Å²) < 4.78 is 0.705. The van der Waals surface area contributed by atoms with Gasteiger partial charge in [-0.3, -0.25) is 14.6 Å². The number of thioether (sulfide) groups is 2. The number of aliphatic hydroxyl groups is 1. The summed E-state index contributed by atoms with van der Waals surface area (Å²) in [6, 6.07) is 10.8. The van der Waals surface area contributed by atoms with Crippen LogP contribution in [0.1, 0.15) is 38.2 Å². The number of hydrogen-bond acceptors (Lipinski definition) is 6. The molecule has 0 radical (unpaired) electrons. The number of piperidine rings is 1. The van der Waals surface area contributed by atoms with Crippen molar-refractivity contribution in [1.82, 2.24) is 9.80 Å². The van der Waals surface area contributed by atoms with E-state index in [0.29, 0.717) is 16.7 Å². The highest BCUT2D eigenvalue weighted by Crippen LogP contribution is 2.54. The van der Waals surface area contributed by atoms with Crippen LogP contribution in [0.3, 0.4) is 0 Å². The Labute approximate surface area is 185 Å². The zero-order valence-corrected chi connectivity index (χ0v) is 18.7. The number of nitrogens with zero attached hydrogens (tertiary/aromatic N) is 2. The number of carboxylic acid groups (broad SMARTS) is 1. The van der Waals surface area contributed by atoms with E-state index in [1.165, 1.54) is 35.1 Å². The van der Waals surface area contributed by atoms with Gasteiger partial charge in [-0.25, -0.2) is 4.79 Å². The minimum atomic E-state index is -1.06. The first-order chi connectivity index (χ1) is 14.5. The third kappa shape index (κ3) is 4.15. The van der Waals surface area contributed by atoms with Crippen LogP contribution in [0.4, 0.5) is 0 Å². The standard InChI is InChI=1S/C22H28N2O4S2/c1-2-16(25)17-19(26)24-18(21(27)28)22(30-20(17)24)29-13-15-10-6-7-11-23(15)12-14-8-4-3-5-9-14/h3-5,8-9,15-17,20,25H,2,6-7,10-13H2,1H3,(H,27,28)/t15?,16-,17+,20+/m0/s1. The van der Waals surface area contributed by atoms with Gasteiger partial charge in [0.1, 0.15) is 5.37 Å². The van der Waals surface area contributed by atoms with Crippen LogP contribution in [-0.2, 0) is 16.1 Å². The van der Waals surface area contributed by atoms with Gasteiger partial charge in [0.15, 0.2) is 5.70 Å². The fraction of sp³-hybridized carbons (Fsp3) is 0.545. The summed E-state index contributed by atoms with van der Waals surface area (Å²) >= 11 is 2.99. The lowest BCUT2D eigenvalue weighted by molar-refractivity contribution is -0.157. The van der Waals surface area contributed by atoms with Gasteiger partial charge in [0.05, 0.1) is 16.3 Å². The van der Waals surface area contributed by atoms with Crippen molar-refractivity contribution in [3.05, 3.63) is 45.8 Å². The Bertz CT molecular complexity index is 832. The molecule has 2 fully saturated rings. The van der Waals surface area contributed by atoms with Crippen LogP contribution in [0.25, 0.3) is 0 Å². The highest BCUT2D eigenvalue weighted by Gasteiger charge is 2.58. The monoisotopic (exact) mass is 448 g/mol. The van der Waals surface area contributed by atoms with Crippen molar-refractivity contribution in [3.63, 3.8) is 0 Å². The molecule has 3 aliphatic heterocycles. The maximum atomic E-state index is 12.5. The van der Waals surface area contributed by atoms with Crippen LogP contribution >= 0.6 is 23.5 Å². The molecule has 0 aromatic heterocycles. The van der Waals surface area contributed by atoms with Crippen molar-refractivity contribution in [2.75, 3.05) is 12.3 Å². The van der Waals surface area contributed by atoms with E-state index < -0.39 is 18.0 Å². The number of hydrogen-bond donors (Lipinski definition) is 2. The molecular weight excluding hydrogens is 420 g/mol. The summed E-state index contributed by atoms with van der Waals surface area (Å²) in [4.78, 5) is 28.3. The van der Waals surface area contributed by atoms with Crippen molar-refractivity contribution in [2.24, 2.45) is 5.92 Å². The predicted molar refractivity (Wildman–Crippen MR) is 120 cm³/mol. The maximum Gasteiger partial charge on any atom is 0.354 e. The minimum absolute atomic E-state index is 0.102. The molecule has 6 nitrogen and oxygen atoms in total. The zero-order chi connectivity index (χ0) is 21.3. The van der Waals surface area contributed by atoms with E-state index >= 15 is 0 Å². The molecule has 1 unspecified atom stereocenters. The van der Waals surface area contributed by atoms with Crippen molar-refractivity contribution >= 4 is 35.4 Å². The number of amides is 1. The van der Waals surface area contributed by atoms with Gasteiger partial charge in [-0.2, -0.15) is 0 Å². The third-order valence-electron chi connectivity index (χ3n) is 6.17. The number of carbonyl (C=O) groups is 2. The van der Waals surface area contributed by atoms with E-state index in [1.54, 1.807) is 11.8 Å². The number of rotatable bonds is 8. The second kappa shape index (κ2) is 9.34. The number of likely N-dealkylation sites (tertiary alicyclic amines) is 1. The lowest BCUT2D eigenvalue weighted by Crippen LogP contribution is -2.61. The highest BCUT2D eigenvalue weighted by atomic mass is 32.2. The summed E-state index contributed by atoms with van der Waals surface area (Å²) in [5, 5.41) is 19.6. The molecule has 30 heavy (non-hydrogen) atoms. The molecule has 0 spiro atoms. The van der Waals surface area contributed by atoms with E-state index in [-0.39, 0.29) is 17.0 Å². The van der Waals surface area contributed by atoms with Gasteiger partial charge in [-0.15, -0.1) is 11.8 Å². The Kier molecular flexibility index (Phi) is 6.77. The molecule has 0 saturated carbocycles. The second-order valence-electron chi connectivity index (χ2n) is 8.08. The molecule has 8 heteroatoms. The van der Waals surface area contributed by atoms with Crippen LogP contribution in [0.5, 0.6) is 0 Å². The largest absolute Gasteiger partial charge is 0.477 e. The van der Waals surface area contributed by atoms with Crippen LogP contribution in [0.15, 0.2) is 40.3 Å². The van der Waals surface area contributed by atoms with Gasteiger partial charge in [0, 0.05) is 18.3 Å². The lowest BCUT2D eigenvalue weighted by atomic mass is 9.90. The predicted octanol–water partition coefficient (Wildman–Crippen LogP) is 3.33. The second-order valence-corrected chi connectivity index (χ2v) is 10.5. The van der Waals surface area contributed by atoms with Crippen molar-refractivity contribution in [2.45, 2.75) is 56.7 Å². The first-order valence-electron chi connectivity index (χ1n) is 10.6. The molecule has 4 atom stereocenters. The molecule has 1 amide bonds. The van der Waals surface area contributed by atoms with Crippen LogP contribution in [-0.4, -0.2) is 61.7 Å². The Morgan fingerprint density at radius 3 is 2.77 bits per heavy atom. The smallest absolute Gasteiger partial charge is 0.354 e. The van der Waals surface area contributed by atoms with Crippen LogP contribution in [0, 0.1) is 5.92 Å². The van der Waals surface area contributed by atoms with E-state index in [1.807, 2.05) is 13.0 Å². The Hall–Kier alpha value is -1.48. The average molecular weight is 449 g/mol. The zero-order valence-electron chi connectivity index (χ0n) is 17.1. The molecule has 1 aromatic rings. The number of carbonyl (C=O) groups excluding carboxylic acids is 1. The summed E-state index contributed by atoms with van der Waals surface area (Å²) in [7, 11) is 0. The van der Waals surface area contributed by atoms with E-state index in [4.69, 9.17) is 0 Å². The summed E-state index contributed by atoms with van der Waals surface area (Å²) in [6.07, 6.45) is 3.25. The number of benzene rings is 1. The third-order valence-corrected chi connectivity index (χ3v) is 8.97. The Balaban J connectivity index is 1.44. The van der Waals surface area contributed by atoms with Crippen molar-refractivity contribution in [1.29, 1.82) is 0 Å². The molecule has 0 bridgehead atoms. The number of β-lactam (4-membered cyclic amide) rings is 1. The fourth-order valence-electron chi connectivity index (χ4n) is 4.46. The molecule has 2 N–H and O–H groups in total. The van der Waals surface area contributed by atoms with Gasteiger partial charge in [-0.1, -0.05) is 55.4 Å². The maximum absolute atomic E-state index is 12.5. The molecular formula is C22H28N2O4S2. The lowest BCUT2D eigenvalue weighted by Gasteiger charge is -2.44. The average Bonchev–Trinajstić information content (AvgIpc) is 3.08. The molecule has 3 aliphatic rings. The summed E-state index contributed by atoms with van der Waals surface area (Å²) in [6.45, 7) is 3.80. The number of carboxylic acids is 1. The van der Waals surface area contributed by atoms with Gasteiger partial charge in [-0.05, 0) is 31.4 Å². The fourth-order valence-corrected chi connectivity index (χ4v) is 7.55. The molecule has 1 aromatic carbocycles. The van der Waals surface area contributed by atoms with Crippen molar-refractivity contribution in [3.8, 4) is 0 Å². The van der Waals surface area contributed by atoms with Gasteiger partial charge >= 0.3 is 5.97 Å². The quantitative estimate of drug-likeness (QED) is 0.591.